The summed E-state index contributed by atoms with van der Waals surface area (Å²) in [6.07, 6.45) is 0. The molecule has 19 heavy (non-hydrogen) atoms. The fraction of sp³-hybridized carbons (Fsp3) is 0.273. The number of carbonyl (C=O) groups is 1. The summed E-state index contributed by atoms with van der Waals surface area (Å²) in [5.41, 5.74) is 0.557. The predicted octanol–water partition coefficient (Wildman–Crippen LogP) is 0.803. The summed E-state index contributed by atoms with van der Waals surface area (Å²) in [6, 6.07) is 5.72. The Morgan fingerprint density at radius 1 is 1.26 bits per heavy atom. The van der Waals surface area contributed by atoms with Crippen LogP contribution >= 0.6 is 12.2 Å². The van der Waals surface area contributed by atoms with Crippen LogP contribution in [0.4, 0.5) is 5.69 Å². The smallest absolute Gasteiger partial charge is 0.238 e. The van der Waals surface area contributed by atoms with Crippen LogP contribution in [0.2, 0.25) is 0 Å². The van der Waals surface area contributed by atoms with E-state index in [1.807, 2.05) is 0 Å². The first-order valence-electron chi connectivity index (χ1n) is 5.45. The number of thiocarbonyl (C=S) groups is 1. The highest BCUT2D eigenvalue weighted by Gasteiger charge is 2.10. The second-order valence-electron chi connectivity index (χ2n) is 4.17. The van der Waals surface area contributed by atoms with Gasteiger partial charge in [-0.2, -0.15) is 0 Å². The van der Waals surface area contributed by atoms with Gasteiger partial charge < -0.3 is 10.6 Å². The third-order valence-electron chi connectivity index (χ3n) is 2.20. The van der Waals surface area contributed by atoms with Crippen LogP contribution < -0.4 is 15.8 Å². The van der Waals surface area contributed by atoms with Crippen LogP contribution in [0.15, 0.2) is 29.2 Å². The average Bonchev–Trinajstić information content (AvgIpc) is 2.28. The Kier molecular flexibility index (Phi) is 4.98. The van der Waals surface area contributed by atoms with Gasteiger partial charge in [0.2, 0.25) is 15.9 Å². The maximum Gasteiger partial charge on any atom is 0.238 e. The van der Waals surface area contributed by atoms with E-state index in [0.29, 0.717) is 5.69 Å². The van der Waals surface area contributed by atoms with Crippen molar-refractivity contribution in [3.8, 4) is 0 Å². The molecule has 0 aliphatic rings. The molecular weight excluding hydrogens is 286 g/mol. The van der Waals surface area contributed by atoms with Crippen molar-refractivity contribution in [2.24, 2.45) is 11.1 Å². The minimum absolute atomic E-state index is 0.00943. The number of rotatable bonds is 3. The van der Waals surface area contributed by atoms with Crippen molar-refractivity contribution in [2.75, 3.05) is 5.32 Å². The third kappa shape index (κ3) is 4.93. The summed E-state index contributed by atoms with van der Waals surface area (Å²) in [6.45, 7) is 3.50. The normalized spacial score (nSPS) is 11.2. The van der Waals surface area contributed by atoms with E-state index in [9.17, 15) is 13.2 Å². The summed E-state index contributed by atoms with van der Waals surface area (Å²) in [4.78, 5) is 11.4. The van der Waals surface area contributed by atoms with Crippen LogP contribution in [-0.4, -0.2) is 19.4 Å². The number of hydrogen-bond acceptors (Lipinski definition) is 4. The highest BCUT2D eigenvalue weighted by Crippen LogP contribution is 2.12. The van der Waals surface area contributed by atoms with Crippen LogP contribution in [0.3, 0.4) is 0 Å². The lowest BCUT2D eigenvalue weighted by molar-refractivity contribution is -0.122. The van der Waals surface area contributed by atoms with Crippen LogP contribution in [0.25, 0.3) is 0 Å². The highest BCUT2D eigenvalue weighted by atomic mass is 32.2. The molecule has 0 bridgehead atoms. The standard InChI is InChI=1S/C11H15N3O3S2/c1-7(2)10(15)14-11(18)13-8-3-5-9(6-4-8)19(12,16)17/h3-7H,1-2H3,(H2,12,16,17)(H2,13,14,15,18). The fourth-order valence-corrected chi connectivity index (χ4v) is 1.88. The Bertz CT molecular complexity index is 580. The average molecular weight is 301 g/mol. The second-order valence-corrected chi connectivity index (χ2v) is 6.14. The van der Waals surface area contributed by atoms with Gasteiger partial charge in [0.1, 0.15) is 0 Å². The van der Waals surface area contributed by atoms with Crippen molar-refractivity contribution in [3.05, 3.63) is 24.3 Å². The van der Waals surface area contributed by atoms with Gasteiger partial charge in [0.25, 0.3) is 0 Å². The largest absolute Gasteiger partial charge is 0.332 e. The molecular formula is C11H15N3O3S2. The van der Waals surface area contributed by atoms with Crippen molar-refractivity contribution in [1.82, 2.24) is 5.32 Å². The number of nitrogens with one attached hydrogen (secondary N) is 2. The molecule has 1 aromatic carbocycles. The second kappa shape index (κ2) is 6.09. The Labute approximate surface area is 117 Å². The van der Waals surface area contributed by atoms with Crippen molar-refractivity contribution in [3.63, 3.8) is 0 Å². The summed E-state index contributed by atoms with van der Waals surface area (Å²) in [7, 11) is -3.71. The summed E-state index contributed by atoms with van der Waals surface area (Å²) < 4.78 is 22.1. The molecule has 6 nitrogen and oxygen atoms in total. The number of sulfonamides is 1. The van der Waals surface area contributed by atoms with Crippen LogP contribution in [0, 0.1) is 5.92 Å². The molecule has 0 fully saturated rings. The molecule has 0 aliphatic heterocycles. The van der Waals surface area contributed by atoms with E-state index in [4.69, 9.17) is 17.4 Å². The first kappa shape index (κ1) is 15.5. The van der Waals surface area contributed by atoms with E-state index in [1.54, 1.807) is 13.8 Å². The number of nitrogens with two attached hydrogens (primary N) is 1. The summed E-state index contributed by atoms with van der Waals surface area (Å²) in [5, 5.41) is 10.4. The van der Waals surface area contributed by atoms with Gasteiger partial charge in [0.15, 0.2) is 5.11 Å². The summed E-state index contributed by atoms with van der Waals surface area (Å²) >= 11 is 4.95. The zero-order valence-electron chi connectivity index (χ0n) is 10.5. The number of anilines is 1. The van der Waals surface area contributed by atoms with Gasteiger partial charge >= 0.3 is 0 Å². The molecule has 104 valence electrons. The molecule has 0 unspecified atom stereocenters. The molecule has 0 radical (unpaired) electrons. The van der Waals surface area contributed by atoms with Crippen molar-refractivity contribution < 1.29 is 13.2 Å². The molecule has 1 rings (SSSR count). The highest BCUT2D eigenvalue weighted by molar-refractivity contribution is 7.89. The fourth-order valence-electron chi connectivity index (χ4n) is 1.15. The van der Waals surface area contributed by atoms with Crippen LogP contribution in [0.1, 0.15) is 13.8 Å². The third-order valence-corrected chi connectivity index (χ3v) is 3.34. The molecule has 0 aliphatic carbocycles. The van der Waals surface area contributed by atoms with E-state index in [1.165, 1.54) is 24.3 Å². The van der Waals surface area contributed by atoms with Gasteiger partial charge in [-0.05, 0) is 36.5 Å². The molecule has 0 saturated carbocycles. The maximum atomic E-state index is 11.4. The quantitative estimate of drug-likeness (QED) is 0.717. The van der Waals surface area contributed by atoms with Gasteiger partial charge in [-0.3, -0.25) is 4.79 Å². The SMILES string of the molecule is CC(C)C(=O)NC(=S)Nc1ccc(S(N)(=O)=O)cc1. The van der Waals surface area contributed by atoms with Crippen molar-refractivity contribution >= 4 is 38.9 Å². The topological polar surface area (TPSA) is 101 Å². The van der Waals surface area contributed by atoms with Gasteiger partial charge in [-0.25, -0.2) is 13.6 Å². The van der Waals surface area contributed by atoms with Gasteiger partial charge in [0, 0.05) is 11.6 Å². The number of benzene rings is 1. The molecule has 1 amide bonds. The van der Waals surface area contributed by atoms with E-state index in [2.05, 4.69) is 10.6 Å². The zero-order chi connectivity index (χ0) is 14.6. The monoisotopic (exact) mass is 301 g/mol. The lowest BCUT2D eigenvalue weighted by atomic mass is 10.2. The predicted molar refractivity (Wildman–Crippen MR) is 77.0 cm³/mol. The molecule has 4 N–H and O–H groups in total. The lowest BCUT2D eigenvalue weighted by Crippen LogP contribution is -2.36. The molecule has 0 saturated heterocycles. The molecule has 0 aromatic heterocycles. The first-order valence-corrected chi connectivity index (χ1v) is 7.40. The Balaban J connectivity index is 2.69. The maximum absolute atomic E-state index is 11.4. The minimum Gasteiger partial charge on any atom is -0.332 e. The van der Waals surface area contributed by atoms with E-state index >= 15 is 0 Å². The number of primary sulfonamides is 1. The van der Waals surface area contributed by atoms with E-state index < -0.39 is 10.0 Å². The minimum atomic E-state index is -3.71. The Morgan fingerprint density at radius 3 is 2.21 bits per heavy atom. The zero-order valence-corrected chi connectivity index (χ0v) is 12.1. The molecule has 0 atom stereocenters. The Morgan fingerprint density at radius 2 is 1.79 bits per heavy atom. The molecule has 1 aromatic rings. The van der Waals surface area contributed by atoms with Gasteiger partial charge in [-0.15, -0.1) is 0 Å². The van der Waals surface area contributed by atoms with Gasteiger partial charge in [-0.1, -0.05) is 13.8 Å². The van der Waals surface area contributed by atoms with Crippen LogP contribution in [0.5, 0.6) is 0 Å². The van der Waals surface area contributed by atoms with Gasteiger partial charge in [0.05, 0.1) is 4.90 Å². The molecule has 0 heterocycles. The number of carbonyl (C=O) groups excluding carboxylic acids is 1. The number of hydrogen-bond donors (Lipinski definition) is 3. The van der Waals surface area contributed by atoms with E-state index in [-0.39, 0.29) is 21.8 Å². The Hall–Kier alpha value is -1.51. The molecule has 8 heteroatoms. The van der Waals surface area contributed by atoms with E-state index in [0.717, 1.165) is 0 Å². The van der Waals surface area contributed by atoms with Crippen molar-refractivity contribution in [2.45, 2.75) is 18.7 Å². The van der Waals surface area contributed by atoms with Crippen molar-refractivity contribution in [1.29, 1.82) is 0 Å². The number of amides is 1. The van der Waals surface area contributed by atoms with Crippen LogP contribution in [-0.2, 0) is 14.8 Å². The molecule has 0 spiro atoms. The lowest BCUT2D eigenvalue weighted by Gasteiger charge is -2.11. The summed E-state index contributed by atoms with van der Waals surface area (Å²) in [5.74, 6) is -0.372. The first-order chi connectivity index (χ1) is 8.70.